The number of rotatable bonds is 3. The summed E-state index contributed by atoms with van der Waals surface area (Å²) < 4.78 is 32.8. The molecule has 1 unspecified atom stereocenters. The molecule has 0 radical (unpaired) electrons. The van der Waals surface area contributed by atoms with Crippen LogP contribution in [0.4, 0.5) is 0 Å². The van der Waals surface area contributed by atoms with Crippen molar-refractivity contribution in [1.29, 1.82) is 0 Å². The fourth-order valence-electron chi connectivity index (χ4n) is 2.80. The van der Waals surface area contributed by atoms with Crippen LogP contribution in [0.5, 0.6) is 0 Å². The Balaban J connectivity index is 2.18. The molecule has 1 atom stereocenters. The zero-order chi connectivity index (χ0) is 13.9. The number of nitrogens with zero attached hydrogens (tertiary/aromatic N) is 2. The van der Waals surface area contributed by atoms with Crippen molar-refractivity contribution >= 4 is 16.2 Å². The zero-order valence-electron chi connectivity index (χ0n) is 11.4. The number of piperidine rings is 2. The number of ether oxygens (including phenoxy) is 1. The van der Waals surface area contributed by atoms with Crippen molar-refractivity contribution < 1.29 is 17.9 Å². The summed E-state index contributed by atoms with van der Waals surface area (Å²) in [6.45, 7) is 1.54. The largest absolute Gasteiger partial charge is 0.468 e. The molecule has 2 heterocycles. The predicted molar refractivity (Wildman–Crippen MR) is 70.7 cm³/mol. The molecule has 0 amide bonds. The summed E-state index contributed by atoms with van der Waals surface area (Å²) in [6, 6.07) is -0.648. The normalized spacial score (nSPS) is 27.1. The summed E-state index contributed by atoms with van der Waals surface area (Å²) in [5.74, 6) is -0.444. The van der Waals surface area contributed by atoms with Gasteiger partial charge in [0.05, 0.1) is 7.11 Å². The zero-order valence-corrected chi connectivity index (χ0v) is 12.2. The van der Waals surface area contributed by atoms with Crippen molar-refractivity contribution in [2.75, 3.05) is 26.7 Å². The molecule has 0 aliphatic carbocycles. The fraction of sp³-hybridized carbons (Fsp3) is 0.917. The van der Waals surface area contributed by atoms with Crippen LogP contribution in [-0.4, -0.2) is 55.8 Å². The van der Waals surface area contributed by atoms with Gasteiger partial charge in [0.25, 0.3) is 10.2 Å². The van der Waals surface area contributed by atoms with E-state index >= 15 is 0 Å². The van der Waals surface area contributed by atoms with E-state index in [1.165, 1.54) is 15.7 Å². The van der Waals surface area contributed by atoms with Crippen LogP contribution in [0.2, 0.25) is 0 Å². The van der Waals surface area contributed by atoms with Gasteiger partial charge in [-0.15, -0.1) is 0 Å². The van der Waals surface area contributed by atoms with Gasteiger partial charge < -0.3 is 4.74 Å². The molecule has 0 aromatic heterocycles. The van der Waals surface area contributed by atoms with E-state index in [0.29, 0.717) is 26.1 Å². The van der Waals surface area contributed by atoms with E-state index in [4.69, 9.17) is 4.74 Å². The Kier molecular flexibility index (Phi) is 4.81. The Bertz CT molecular complexity index is 417. The monoisotopic (exact) mass is 290 g/mol. The third-order valence-electron chi connectivity index (χ3n) is 3.86. The first-order valence-corrected chi connectivity index (χ1v) is 8.32. The molecule has 2 aliphatic heterocycles. The average molecular weight is 290 g/mol. The molecular formula is C12H22N2O4S. The molecule has 110 valence electrons. The van der Waals surface area contributed by atoms with E-state index in [1.54, 1.807) is 0 Å². The van der Waals surface area contributed by atoms with E-state index in [9.17, 15) is 13.2 Å². The van der Waals surface area contributed by atoms with Gasteiger partial charge in [-0.3, -0.25) is 4.79 Å². The molecule has 2 fully saturated rings. The third kappa shape index (κ3) is 3.09. The van der Waals surface area contributed by atoms with E-state index in [0.717, 1.165) is 32.1 Å². The van der Waals surface area contributed by atoms with E-state index in [-0.39, 0.29) is 0 Å². The predicted octanol–water partition coefficient (Wildman–Crippen LogP) is 0.745. The Morgan fingerprint density at radius 2 is 1.68 bits per heavy atom. The van der Waals surface area contributed by atoms with Crippen LogP contribution in [0.25, 0.3) is 0 Å². The molecule has 7 heteroatoms. The summed E-state index contributed by atoms with van der Waals surface area (Å²) in [6.07, 6.45) is 5.10. The first-order valence-electron chi connectivity index (χ1n) is 6.92. The highest BCUT2D eigenvalue weighted by molar-refractivity contribution is 7.86. The average Bonchev–Trinajstić information content (AvgIpc) is 2.47. The molecule has 0 N–H and O–H groups in total. The van der Waals surface area contributed by atoms with Crippen LogP contribution in [0, 0.1) is 0 Å². The third-order valence-corrected chi connectivity index (χ3v) is 5.91. The minimum absolute atomic E-state index is 0.415. The van der Waals surface area contributed by atoms with Gasteiger partial charge >= 0.3 is 5.97 Å². The van der Waals surface area contributed by atoms with Crippen molar-refractivity contribution in [2.45, 2.75) is 44.6 Å². The second-order valence-electron chi connectivity index (χ2n) is 5.11. The van der Waals surface area contributed by atoms with Crippen LogP contribution in [0.15, 0.2) is 0 Å². The quantitative estimate of drug-likeness (QED) is 0.719. The summed E-state index contributed by atoms with van der Waals surface area (Å²) in [7, 11) is -2.22. The van der Waals surface area contributed by atoms with Crippen molar-refractivity contribution in [1.82, 2.24) is 8.61 Å². The molecule has 0 spiro atoms. The summed E-state index contributed by atoms with van der Waals surface area (Å²) >= 11 is 0. The highest BCUT2D eigenvalue weighted by atomic mass is 32.2. The molecule has 2 rings (SSSR count). The Hall–Kier alpha value is -0.660. The Morgan fingerprint density at radius 3 is 2.32 bits per heavy atom. The van der Waals surface area contributed by atoms with Gasteiger partial charge in [-0.25, -0.2) is 0 Å². The lowest BCUT2D eigenvalue weighted by Crippen LogP contribution is -2.54. The van der Waals surface area contributed by atoms with Crippen LogP contribution in [0.3, 0.4) is 0 Å². The second kappa shape index (κ2) is 6.19. The van der Waals surface area contributed by atoms with Gasteiger partial charge in [0.1, 0.15) is 6.04 Å². The van der Waals surface area contributed by atoms with E-state index < -0.39 is 22.2 Å². The number of carbonyl (C=O) groups excluding carboxylic acids is 1. The van der Waals surface area contributed by atoms with Gasteiger partial charge in [-0.2, -0.15) is 17.0 Å². The fourth-order valence-corrected chi connectivity index (χ4v) is 4.69. The summed E-state index contributed by atoms with van der Waals surface area (Å²) in [4.78, 5) is 11.8. The van der Waals surface area contributed by atoms with Crippen LogP contribution < -0.4 is 0 Å². The molecule has 0 aromatic rings. The summed E-state index contributed by atoms with van der Waals surface area (Å²) in [5, 5.41) is 0. The maximum Gasteiger partial charge on any atom is 0.324 e. The topological polar surface area (TPSA) is 66.9 Å². The number of esters is 1. The van der Waals surface area contributed by atoms with Crippen molar-refractivity contribution in [3.8, 4) is 0 Å². The number of hydrogen-bond acceptors (Lipinski definition) is 4. The second-order valence-corrected chi connectivity index (χ2v) is 6.99. The van der Waals surface area contributed by atoms with Gasteiger partial charge in [-0.1, -0.05) is 6.42 Å². The lowest BCUT2D eigenvalue weighted by molar-refractivity contribution is -0.146. The van der Waals surface area contributed by atoms with Crippen molar-refractivity contribution in [3.05, 3.63) is 0 Å². The maximum absolute atomic E-state index is 12.6. The number of carbonyl (C=O) groups is 1. The highest BCUT2D eigenvalue weighted by Crippen LogP contribution is 2.25. The van der Waals surface area contributed by atoms with E-state index in [1.807, 2.05) is 0 Å². The molecule has 6 nitrogen and oxygen atoms in total. The van der Waals surface area contributed by atoms with Crippen LogP contribution in [0.1, 0.15) is 38.5 Å². The standard InChI is InChI=1S/C12H22N2O4S/c1-18-12(15)11-7-3-6-10-14(11)19(16,17)13-8-4-2-5-9-13/h11H,2-10H2,1H3. The lowest BCUT2D eigenvalue weighted by Gasteiger charge is -2.37. The van der Waals surface area contributed by atoms with Crippen molar-refractivity contribution in [3.63, 3.8) is 0 Å². The van der Waals surface area contributed by atoms with Gasteiger partial charge in [0.2, 0.25) is 0 Å². The molecule has 0 bridgehead atoms. The smallest absolute Gasteiger partial charge is 0.324 e. The van der Waals surface area contributed by atoms with Crippen LogP contribution in [-0.2, 0) is 19.7 Å². The number of methoxy groups -OCH3 is 1. The van der Waals surface area contributed by atoms with Gasteiger partial charge in [0.15, 0.2) is 0 Å². The van der Waals surface area contributed by atoms with Crippen LogP contribution >= 0.6 is 0 Å². The SMILES string of the molecule is COC(=O)C1CCCCN1S(=O)(=O)N1CCCCC1. The first-order chi connectivity index (χ1) is 9.07. The molecule has 0 aromatic carbocycles. The van der Waals surface area contributed by atoms with Crippen molar-refractivity contribution in [2.24, 2.45) is 0 Å². The summed E-state index contributed by atoms with van der Waals surface area (Å²) in [5.41, 5.74) is 0. The lowest BCUT2D eigenvalue weighted by atomic mass is 10.1. The Morgan fingerprint density at radius 1 is 1.05 bits per heavy atom. The molecule has 0 saturated carbocycles. The minimum atomic E-state index is -3.52. The maximum atomic E-state index is 12.6. The molecular weight excluding hydrogens is 268 g/mol. The highest BCUT2D eigenvalue weighted by Gasteiger charge is 2.40. The minimum Gasteiger partial charge on any atom is -0.468 e. The Labute approximate surface area is 114 Å². The number of hydrogen-bond donors (Lipinski definition) is 0. The molecule has 2 aliphatic rings. The molecule has 2 saturated heterocycles. The first kappa shape index (κ1) is 14.7. The molecule has 19 heavy (non-hydrogen) atoms. The van der Waals surface area contributed by atoms with E-state index in [2.05, 4.69) is 0 Å². The van der Waals surface area contributed by atoms with Gasteiger partial charge in [-0.05, 0) is 32.1 Å². The van der Waals surface area contributed by atoms with Gasteiger partial charge in [0, 0.05) is 19.6 Å².